The molecule has 1 nitrogen and oxygen atoms in total. The van der Waals surface area contributed by atoms with Gasteiger partial charge in [0.05, 0.1) is 12.2 Å². The molecule has 0 bridgehead atoms. The largest absolute Gasteiger partial charge is 0.416 e. The van der Waals surface area contributed by atoms with Crippen LogP contribution in [0.4, 0.5) is 13.2 Å². The Bertz CT molecular complexity index is 645. The van der Waals surface area contributed by atoms with Crippen LogP contribution in [0.5, 0.6) is 0 Å². The maximum absolute atomic E-state index is 12.7. The first kappa shape index (κ1) is 15.6. The van der Waals surface area contributed by atoms with Crippen molar-refractivity contribution < 1.29 is 17.9 Å². The smallest absolute Gasteiger partial charge is 0.380 e. The minimum Gasteiger partial charge on any atom is -0.380 e. The number of aryl methyl sites for hydroxylation is 2. The van der Waals surface area contributed by atoms with E-state index >= 15 is 0 Å². The van der Waals surface area contributed by atoms with Gasteiger partial charge >= 0.3 is 6.18 Å². The van der Waals surface area contributed by atoms with Gasteiger partial charge in [-0.25, -0.2) is 0 Å². The van der Waals surface area contributed by atoms with E-state index in [1.807, 2.05) is 25.1 Å². The summed E-state index contributed by atoms with van der Waals surface area (Å²) in [5.41, 5.74) is 3.87. The first-order chi connectivity index (χ1) is 9.82. The maximum atomic E-state index is 12.7. The molecule has 112 valence electrons. The quantitative estimate of drug-likeness (QED) is 0.762. The number of methoxy groups -OCH3 is 1. The van der Waals surface area contributed by atoms with Crippen molar-refractivity contribution in [3.05, 3.63) is 58.7 Å². The van der Waals surface area contributed by atoms with E-state index in [0.29, 0.717) is 12.2 Å². The fourth-order valence-corrected chi connectivity index (χ4v) is 2.34. The summed E-state index contributed by atoms with van der Waals surface area (Å²) in [6.45, 7) is 4.19. The molecule has 0 unspecified atom stereocenters. The van der Waals surface area contributed by atoms with E-state index in [1.54, 1.807) is 14.0 Å². The van der Waals surface area contributed by atoms with Crippen molar-refractivity contribution in [3.63, 3.8) is 0 Å². The average molecular weight is 294 g/mol. The van der Waals surface area contributed by atoms with Crippen molar-refractivity contribution in [2.75, 3.05) is 7.11 Å². The van der Waals surface area contributed by atoms with Crippen LogP contribution in [0, 0.1) is 13.8 Å². The lowest BCUT2D eigenvalue weighted by Crippen LogP contribution is -2.05. The Labute approximate surface area is 122 Å². The van der Waals surface area contributed by atoms with Crippen LogP contribution >= 0.6 is 0 Å². The zero-order chi connectivity index (χ0) is 15.6. The molecule has 4 heteroatoms. The third kappa shape index (κ3) is 3.45. The zero-order valence-electron chi connectivity index (χ0n) is 12.2. The van der Waals surface area contributed by atoms with Gasteiger partial charge < -0.3 is 4.74 Å². The molecule has 0 aromatic heterocycles. The first-order valence-electron chi connectivity index (χ1n) is 6.59. The van der Waals surface area contributed by atoms with Crippen molar-refractivity contribution in [1.82, 2.24) is 0 Å². The van der Waals surface area contributed by atoms with Crippen LogP contribution < -0.4 is 0 Å². The van der Waals surface area contributed by atoms with Gasteiger partial charge in [0.15, 0.2) is 0 Å². The van der Waals surface area contributed by atoms with Gasteiger partial charge in [0, 0.05) is 7.11 Å². The molecule has 0 saturated carbocycles. The number of benzene rings is 2. The molecule has 0 spiro atoms. The number of rotatable bonds is 3. The molecule has 0 aliphatic carbocycles. The third-order valence-electron chi connectivity index (χ3n) is 3.51. The monoisotopic (exact) mass is 294 g/mol. The highest BCUT2D eigenvalue weighted by Crippen LogP contribution is 2.33. The zero-order valence-corrected chi connectivity index (χ0v) is 12.2. The summed E-state index contributed by atoms with van der Waals surface area (Å²) in [7, 11) is 1.63. The SMILES string of the molecule is COCc1ccc(-c2ccc(C(F)(F)F)cc2C)cc1C. The lowest BCUT2D eigenvalue weighted by atomic mass is 9.95. The van der Waals surface area contributed by atoms with Crippen LogP contribution in [-0.4, -0.2) is 7.11 Å². The van der Waals surface area contributed by atoms with E-state index in [2.05, 4.69) is 0 Å². The van der Waals surface area contributed by atoms with Crippen molar-refractivity contribution >= 4 is 0 Å². The van der Waals surface area contributed by atoms with E-state index in [1.165, 1.54) is 12.1 Å². The maximum Gasteiger partial charge on any atom is 0.416 e. The summed E-state index contributed by atoms with van der Waals surface area (Å²) in [6.07, 6.45) is -4.30. The number of ether oxygens (including phenoxy) is 1. The predicted molar refractivity (Wildman–Crippen MR) is 77.1 cm³/mol. The lowest BCUT2D eigenvalue weighted by molar-refractivity contribution is -0.137. The minimum atomic E-state index is -4.30. The Morgan fingerprint density at radius 3 is 2.19 bits per heavy atom. The molecule has 0 aliphatic heterocycles. The summed E-state index contributed by atoms with van der Waals surface area (Å²) in [5.74, 6) is 0. The van der Waals surface area contributed by atoms with E-state index in [-0.39, 0.29) is 0 Å². The first-order valence-corrected chi connectivity index (χ1v) is 6.59. The van der Waals surface area contributed by atoms with E-state index in [4.69, 9.17) is 4.74 Å². The Morgan fingerprint density at radius 2 is 1.67 bits per heavy atom. The molecular weight excluding hydrogens is 277 g/mol. The molecular formula is C17H17F3O. The molecule has 0 atom stereocenters. The molecule has 2 aromatic rings. The number of halogens is 3. The van der Waals surface area contributed by atoms with Gasteiger partial charge in [-0.05, 0) is 53.8 Å². The highest BCUT2D eigenvalue weighted by molar-refractivity contribution is 5.68. The van der Waals surface area contributed by atoms with Crippen LogP contribution in [0.1, 0.15) is 22.3 Å². The molecule has 0 saturated heterocycles. The van der Waals surface area contributed by atoms with Gasteiger partial charge in [-0.1, -0.05) is 24.3 Å². The number of hydrogen-bond acceptors (Lipinski definition) is 1. The molecule has 21 heavy (non-hydrogen) atoms. The summed E-state index contributed by atoms with van der Waals surface area (Å²) in [4.78, 5) is 0. The highest BCUT2D eigenvalue weighted by Gasteiger charge is 2.30. The molecule has 0 heterocycles. The Hall–Kier alpha value is -1.81. The minimum absolute atomic E-state index is 0.526. The molecule has 0 amide bonds. The van der Waals surface area contributed by atoms with Gasteiger partial charge in [0.25, 0.3) is 0 Å². The van der Waals surface area contributed by atoms with Gasteiger partial charge in [-0.2, -0.15) is 13.2 Å². The predicted octanol–water partition coefficient (Wildman–Crippen LogP) is 5.14. The number of hydrogen-bond donors (Lipinski definition) is 0. The molecule has 0 N–H and O–H groups in total. The third-order valence-corrected chi connectivity index (χ3v) is 3.51. The van der Waals surface area contributed by atoms with E-state index in [0.717, 1.165) is 28.3 Å². The lowest BCUT2D eigenvalue weighted by Gasteiger charge is -2.13. The topological polar surface area (TPSA) is 9.23 Å². The second-order valence-corrected chi connectivity index (χ2v) is 5.10. The summed E-state index contributed by atoms with van der Waals surface area (Å²) < 4.78 is 43.2. The van der Waals surface area contributed by atoms with Gasteiger partial charge in [-0.15, -0.1) is 0 Å². The Balaban J connectivity index is 2.41. The molecule has 0 fully saturated rings. The second kappa shape index (κ2) is 5.90. The van der Waals surface area contributed by atoms with Gasteiger partial charge in [-0.3, -0.25) is 0 Å². The van der Waals surface area contributed by atoms with Crippen LogP contribution in [0.25, 0.3) is 11.1 Å². The van der Waals surface area contributed by atoms with Crippen LogP contribution in [0.3, 0.4) is 0 Å². The summed E-state index contributed by atoms with van der Waals surface area (Å²) in [5, 5.41) is 0. The number of alkyl halides is 3. The van der Waals surface area contributed by atoms with E-state index < -0.39 is 11.7 Å². The molecule has 0 aliphatic rings. The summed E-state index contributed by atoms with van der Waals surface area (Å²) >= 11 is 0. The fraction of sp³-hybridized carbons (Fsp3) is 0.294. The van der Waals surface area contributed by atoms with Crippen molar-refractivity contribution in [1.29, 1.82) is 0 Å². The average Bonchev–Trinajstić information content (AvgIpc) is 2.40. The van der Waals surface area contributed by atoms with Gasteiger partial charge in [0.2, 0.25) is 0 Å². The Kier molecular flexibility index (Phi) is 4.37. The van der Waals surface area contributed by atoms with Crippen LogP contribution in [0.15, 0.2) is 36.4 Å². The standard InChI is InChI=1S/C17H17F3O/c1-11-8-13(4-5-14(11)10-21-3)16-7-6-15(9-12(16)2)17(18,19)20/h4-9H,10H2,1-3H3. The van der Waals surface area contributed by atoms with Crippen molar-refractivity contribution in [3.8, 4) is 11.1 Å². The molecule has 2 aromatic carbocycles. The van der Waals surface area contributed by atoms with Gasteiger partial charge in [0.1, 0.15) is 0 Å². The van der Waals surface area contributed by atoms with Crippen LogP contribution in [-0.2, 0) is 17.5 Å². The highest BCUT2D eigenvalue weighted by atomic mass is 19.4. The van der Waals surface area contributed by atoms with Crippen molar-refractivity contribution in [2.24, 2.45) is 0 Å². The van der Waals surface area contributed by atoms with E-state index in [9.17, 15) is 13.2 Å². The van der Waals surface area contributed by atoms with Crippen molar-refractivity contribution in [2.45, 2.75) is 26.6 Å². The normalized spacial score (nSPS) is 11.7. The fourth-order valence-electron chi connectivity index (χ4n) is 2.34. The molecule has 2 rings (SSSR count). The summed E-state index contributed by atoms with van der Waals surface area (Å²) in [6, 6.07) is 9.68. The second-order valence-electron chi connectivity index (χ2n) is 5.10. The van der Waals surface area contributed by atoms with Crippen LogP contribution in [0.2, 0.25) is 0 Å². The Morgan fingerprint density at radius 1 is 0.952 bits per heavy atom. The molecule has 0 radical (unpaired) electrons.